The number of hydrogen-bond donors (Lipinski definition) is 3. The van der Waals surface area contributed by atoms with Gasteiger partial charge in [-0.3, -0.25) is 4.79 Å². The van der Waals surface area contributed by atoms with E-state index in [-0.39, 0.29) is 11.9 Å². The molecule has 0 radical (unpaired) electrons. The molecular formula is C24H32N4O3. The second-order valence-electron chi connectivity index (χ2n) is 7.95. The van der Waals surface area contributed by atoms with Crippen molar-refractivity contribution in [2.24, 2.45) is 5.92 Å². The average Bonchev–Trinajstić information content (AvgIpc) is 2.78. The number of amides is 3. The van der Waals surface area contributed by atoms with Crippen LogP contribution in [0, 0.1) is 5.92 Å². The van der Waals surface area contributed by atoms with Crippen LogP contribution in [0.1, 0.15) is 36.5 Å². The van der Waals surface area contributed by atoms with Gasteiger partial charge in [0.1, 0.15) is 0 Å². The lowest BCUT2D eigenvalue weighted by molar-refractivity contribution is 0.0949. The van der Waals surface area contributed by atoms with Gasteiger partial charge in [0, 0.05) is 50.4 Å². The van der Waals surface area contributed by atoms with E-state index in [0.29, 0.717) is 36.0 Å². The topological polar surface area (TPSA) is 82.7 Å². The molecule has 2 aromatic rings. The lowest BCUT2D eigenvalue weighted by Crippen LogP contribution is -2.35. The summed E-state index contributed by atoms with van der Waals surface area (Å²) in [4.78, 5) is 27.6. The van der Waals surface area contributed by atoms with Crippen molar-refractivity contribution < 1.29 is 14.3 Å². The summed E-state index contributed by atoms with van der Waals surface area (Å²) < 4.78 is 5.06. The second kappa shape index (κ2) is 11.4. The highest BCUT2D eigenvalue weighted by Gasteiger charge is 2.21. The first-order valence-corrected chi connectivity index (χ1v) is 10.9. The molecule has 1 heterocycles. The maximum absolute atomic E-state index is 13.0. The number of carbonyl (C=O) groups excluding carboxylic acids is 2. The zero-order chi connectivity index (χ0) is 22.1. The molecule has 166 valence electrons. The Morgan fingerprint density at radius 2 is 1.74 bits per heavy atom. The molecule has 2 aromatic carbocycles. The smallest absolute Gasteiger partial charge is 0.323 e. The highest BCUT2D eigenvalue weighted by molar-refractivity contribution is 6.04. The van der Waals surface area contributed by atoms with Crippen LogP contribution in [-0.2, 0) is 4.74 Å². The van der Waals surface area contributed by atoms with Gasteiger partial charge >= 0.3 is 6.03 Å². The van der Waals surface area contributed by atoms with Crippen LogP contribution in [-0.4, -0.2) is 45.3 Å². The first-order valence-electron chi connectivity index (χ1n) is 10.9. The first kappa shape index (κ1) is 22.6. The Bertz CT molecular complexity index is 864. The summed E-state index contributed by atoms with van der Waals surface area (Å²) in [5.41, 5.74) is 2.76. The minimum absolute atomic E-state index is 0.142. The van der Waals surface area contributed by atoms with Crippen molar-refractivity contribution in [1.82, 2.24) is 5.32 Å². The number of carbonyl (C=O) groups is 2. The SMILES string of the molecule is COCCCNC(=O)c1cc(NC(=O)Nc2ccccc2)ccc1N1CCC(C)CC1. The van der Waals surface area contributed by atoms with Crippen LogP contribution in [0.2, 0.25) is 0 Å². The van der Waals surface area contributed by atoms with E-state index in [1.165, 1.54) is 0 Å². The van der Waals surface area contributed by atoms with Crippen molar-refractivity contribution in [2.75, 3.05) is 48.9 Å². The molecule has 0 spiro atoms. The van der Waals surface area contributed by atoms with Crippen molar-refractivity contribution in [3.63, 3.8) is 0 Å². The van der Waals surface area contributed by atoms with Crippen LogP contribution < -0.4 is 20.9 Å². The van der Waals surface area contributed by atoms with E-state index in [1.54, 1.807) is 13.2 Å². The average molecular weight is 425 g/mol. The molecule has 31 heavy (non-hydrogen) atoms. The number of methoxy groups -OCH3 is 1. The minimum atomic E-state index is -0.350. The Kier molecular flexibility index (Phi) is 8.29. The van der Waals surface area contributed by atoms with Crippen LogP contribution in [0.4, 0.5) is 21.9 Å². The van der Waals surface area contributed by atoms with Crippen molar-refractivity contribution in [2.45, 2.75) is 26.2 Å². The highest BCUT2D eigenvalue weighted by atomic mass is 16.5. The summed E-state index contributed by atoms with van der Waals surface area (Å²) in [5, 5.41) is 8.59. The monoisotopic (exact) mass is 424 g/mol. The van der Waals surface area contributed by atoms with Crippen LogP contribution in [0.3, 0.4) is 0 Å². The fraction of sp³-hybridized carbons (Fsp3) is 0.417. The number of nitrogens with zero attached hydrogens (tertiary/aromatic N) is 1. The predicted molar refractivity (Wildman–Crippen MR) is 125 cm³/mol. The van der Waals surface area contributed by atoms with Gasteiger partial charge in [-0.05, 0) is 55.5 Å². The van der Waals surface area contributed by atoms with Crippen LogP contribution in [0.25, 0.3) is 0 Å². The third-order valence-corrected chi connectivity index (χ3v) is 5.47. The van der Waals surface area contributed by atoms with Crippen molar-refractivity contribution in [3.05, 3.63) is 54.1 Å². The summed E-state index contributed by atoms with van der Waals surface area (Å²) in [6.07, 6.45) is 2.96. The zero-order valence-corrected chi connectivity index (χ0v) is 18.3. The molecular weight excluding hydrogens is 392 g/mol. The van der Waals surface area contributed by atoms with E-state index < -0.39 is 0 Å². The number of piperidine rings is 1. The molecule has 7 heteroatoms. The maximum Gasteiger partial charge on any atom is 0.323 e. The number of rotatable bonds is 8. The Morgan fingerprint density at radius 3 is 2.45 bits per heavy atom. The molecule has 0 aromatic heterocycles. The second-order valence-corrected chi connectivity index (χ2v) is 7.95. The minimum Gasteiger partial charge on any atom is -0.385 e. The van der Waals surface area contributed by atoms with Gasteiger partial charge in [-0.1, -0.05) is 25.1 Å². The summed E-state index contributed by atoms with van der Waals surface area (Å²) >= 11 is 0. The van der Waals surface area contributed by atoms with Gasteiger partial charge in [0.15, 0.2) is 0 Å². The molecule has 0 aliphatic carbocycles. The van der Waals surface area contributed by atoms with Gasteiger partial charge in [0.25, 0.3) is 5.91 Å². The normalized spacial score (nSPS) is 14.2. The first-order chi connectivity index (χ1) is 15.1. The number of nitrogens with one attached hydrogen (secondary N) is 3. The van der Waals surface area contributed by atoms with Gasteiger partial charge in [-0.2, -0.15) is 0 Å². The summed E-state index contributed by atoms with van der Waals surface area (Å²) in [5.74, 6) is 0.557. The third kappa shape index (κ3) is 6.72. The van der Waals surface area contributed by atoms with Crippen LogP contribution >= 0.6 is 0 Å². The molecule has 3 rings (SSSR count). The Hall–Kier alpha value is -3.06. The molecule has 0 atom stereocenters. The van der Waals surface area contributed by atoms with E-state index in [9.17, 15) is 9.59 Å². The summed E-state index contributed by atoms with van der Waals surface area (Å²) in [6.45, 7) is 5.24. The van der Waals surface area contributed by atoms with Gasteiger partial charge in [0.2, 0.25) is 0 Å². The van der Waals surface area contributed by atoms with Gasteiger partial charge in [-0.15, -0.1) is 0 Å². The fourth-order valence-corrected chi connectivity index (χ4v) is 3.65. The van der Waals surface area contributed by atoms with E-state index in [0.717, 1.165) is 38.0 Å². The van der Waals surface area contributed by atoms with Crippen molar-refractivity contribution in [1.29, 1.82) is 0 Å². The zero-order valence-electron chi connectivity index (χ0n) is 18.3. The molecule has 1 aliphatic heterocycles. The fourth-order valence-electron chi connectivity index (χ4n) is 3.65. The van der Waals surface area contributed by atoms with E-state index in [4.69, 9.17) is 4.74 Å². The largest absolute Gasteiger partial charge is 0.385 e. The standard InChI is InChI=1S/C24H32N4O3/c1-18-11-14-28(15-12-18)22-10-9-20(17-21(22)23(29)25-13-6-16-31-2)27-24(30)26-19-7-4-3-5-8-19/h3-5,7-10,17-18H,6,11-16H2,1-2H3,(H,25,29)(H2,26,27,30). The number of benzene rings is 2. The van der Waals surface area contributed by atoms with Gasteiger partial charge < -0.3 is 25.6 Å². The number of urea groups is 1. The lowest BCUT2D eigenvalue weighted by atomic mass is 9.98. The number of para-hydroxylation sites is 1. The van der Waals surface area contributed by atoms with Crippen molar-refractivity contribution in [3.8, 4) is 0 Å². The molecule has 1 saturated heterocycles. The van der Waals surface area contributed by atoms with Crippen LogP contribution in [0.5, 0.6) is 0 Å². The van der Waals surface area contributed by atoms with Crippen molar-refractivity contribution >= 4 is 29.0 Å². The molecule has 0 saturated carbocycles. The Labute approximate surface area is 184 Å². The number of hydrogen-bond acceptors (Lipinski definition) is 4. The quantitative estimate of drug-likeness (QED) is 0.551. The molecule has 1 fully saturated rings. The third-order valence-electron chi connectivity index (χ3n) is 5.47. The predicted octanol–water partition coefficient (Wildman–Crippen LogP) is 4.33. The van der Waals surface area contributed by atoms with Gasteiger partial charge in [0.05, 0.1) is 5.56 Å². The Balaban J connectivity index is 1.74. The van der Waals surface area contributed by atoms with E-state index in [1.807, 2.05) is 42.5 Å². The molecule has 3 amide bonds. The molecule has 0 unspecified atom stereocenters. The summed E-state index contributed by atoms with van der Waals surface area (Å²) in [6, 6.07) is 14.4. The lowest BCUT2D eigenvalue weighted by Gasteiger charge is -2.33. The van der Waals surface area contributed by atoms with E-state index >= 15 is 0 Å². The molecule has 7 nitrogen and oxygen atoms in total. The number of ether oxygens (including phenoxy) is 1. The van der Waals surface area contributed by atoms with Crippen LogP contribution in [0.15, 0.2) is 48.5 Å². The summed E-state index contributed by atoms with van der Waals surface area (Å²) in [7, 11) is 1.65. The van der Waals surface area contributed by atoms with Gasteiger partial charge in [-0.25, -0.2) is 4.79 Å². The highest BCUT2D eigenvalue weighted by Crippen LogP contribution is 2.29. The molecule has 3 N–H and O–H groups in total. The molecule has 0 bridgehead atoms. The molecule has 1 aliphatic rings. The number of anilines is 3. The maximum atomic E-state index is 13.0. The van der Waals surface area contributed by atoms with E-state index in [2.05, 4.69) is 27.8 Å². The Morgan fingerprint density at radius 1 is 1.03 bits per heavy atom.